The van der Waals surface area contributed by atoms with Crippen LogP contribution in [0.3, 0.4) is 0 Å². The molecule has 2 heterocycles. The van der Waals surface area contributed by atoms with Crippen molar-refractivity contribution in [3.63, 3.8) is 0 Å². The molecule has 2 radical (unpaired) electrons. The molecule has 0 spiro atoms. The van der Waals surface area contributed by atoms with Crippen molar-refractivity contribution in [2.45, 2.75) is 12.7 Å². The Hall–Kier alpha value is -0.865. The molecule has 1 aliphatic heterocycles. The molecular weight excluding hydrogens is 165 g/mol. The van der Waals surface area contributed by atoms with Crippen LogP contribution < -0.4 is 5.59 Å². The lowest BCUT2D eigenvalue weighted by atomic mass is 10.0. The van der Waals surface area contributed by atoms with E-state index in [1.807, 2.05) is 6.07 Å². The van der Waals surface area contributed by atoms with Crippen LogP contribution >= 0.6 is 0 Å². The monoisotopic (exact) mass is 175 g/mol. The minimum Gasteiger partial charge on any atom is -0.348 e. The Morgan fingerprint density at radius 3 is 2.69 bits per heavy atom. The average Bonchev–Trinajstić information content (AvgIpc) is 2.20. The summed E-state index contributed by atoms with van der Waals surface area (Å²) in [7, 11) is 5.46. The van der Waals surface area contributed by atoms with Crippen LogP contribution in [0.15, 0.2) is 18.3 Å². The summed E-state index contributed by atoms with van der Waals surface area (Å²) >= 11 is 0. The predicted molar refractivity (Wildman–Crippen MR) is 48.9 cm³/mol. The van der Waals surface area contributed by atoms with Crippen LogP contribution in [0.25, 0.3) is 0 Å². The van der Waals surface area contributed by atoms with Crippen molar-refractivity contribution in [3.8, 4) is 0 Å². The highest BCUT2D eigenvalue weighted by molar-refractivity contribution is 6.30. The van der Waals surface area contributed by atoms with Gasteiger partial charge in [0.15, 0.2) is 6.29 Å². The summed E-state index contributed by atoms with van der Waals surface area (Å²) in [5.41, 5.74) is 1.44. The Balaban J connectivity index is 2.10. The first kappa shape index (κ1) is 8.72. The van der Waals surface area contributed by atoms with Crippen LogP contribution in [-0.4, -0.2) is 26.0 Å². The fourth-order valence-electron chi connectivity index (χ4n) is 1.24. The largest absolute Gasteiger partial charge is 0.348 e. The Morgan fingerprint density at radius 2 is 2.08 bits per heavy atom. The van der Waals surface area contributed by atoms with E-state index < -0.39 is 0 Å². The lowest BCUT2D eigenvalue weighted by Gasteiger charge is -2.23. The maximum atomic E-state index is 5.46. The number of hydrogen-bond donors (Lipinski definition) is 0. The molecule has 0 unspecified atom stereocenters. The molecule has 0 aromatic carbocycles. The lowest BCUT2D eigenvalue weighted by Crippen LogP contribution is -2.19. The van der Waals surface area contributed by atoms with Crippen molar-refractivity contribution in [2.75, 3.05) is 13.2 Å². The molecule has 1 fully saturated rings. The van der Waals surface area contributed by atoms with Gasteiger partial charge in [0, 0.05) is 11.8 Å². The van der Waals surface area contributed by atoms with Gasteiger partial charge in [-0.2, -0.15) is 0 Å². The van der Waals surface area contributed by atoms with Gasteiger partial charge in [-0.15, -0.1) is 0 Å². The molecule has 4 heteroatoms. The number of pyridine rings is 1. The third kappa shape index (κ3) is 2.08. The maximum absolute atomic E-state index is 5.46. The van der Waals surface area contributed by atoms with Gasteiger partial charge in [0.05, 0.1) is 13.2 Å². The zero-order chi connectivity index (χ0) is 9.10. The molecule has 1 aromatic rings. The number of nitrogens with zero attached hydrogens (tertiary/aromatic N) is 1. The van der Waals surface area contributed by atoms with E-state index in [-0.39, 0.29) is 6.29 Å². The molecule has 3 nitrogen and oxygen atoms in total. The highest BCUT2D eigenvalue weighted by Crippen LogP contribution is 2.20. The SMILES string of the molecule is [B]c1ccc(C2OCCCO2)cn1. The Morgan fingerprint density at radius 1 is 1.31 bits per heavy atom. The predicted octanol–water partition coefficient (Wildman–Crippen LogP) is 0.311. The molecule has 0 amide bonds. The molecule has 0 N–H and O–H groups in total. The van der Waals surface area contributed by atoms with Crippen LogP contribution in [0.1, 0.15) is 18.3 Å². The number of aromatic nitrogens is 1. The van der Waals surface area contributed by atoms with Gasteiger partial charge in [0.25, 0.3) is 0 Å². The first-order valence-electron chi connectivity index (χ1n) is 4.31. The average molecular weight is 175 g/mol. The second kappa shape index (κ2) is 3.90. The molecule has 2 rings (SSSR count). The number of rotatable bonds is 1. The zero-order valence-corrected chi connectivity index (χ0v) is 7.27. The van der Waals surface area contributed by atoms with Gasteiger partial charge < -0.3 is 9.47 Å². The topological polar surface area (TPSA) is 31.4 Å². The van der Waals surface area contributed by atoms with Gasteiger partial charge in [0.2, 0.25) is 0 Å². The van der Waals surface area contributed by atoms with E-state index in [9.17, 15) is 0 Å². The van der Waals surface area contributed by atoms with E-state index in [1.54, 1.807) is 12.3 Å². The summed E-state index contributed by atoms with van der Waals surface area (Å²) in [6.07, 6.45) is 2.38. The minimum absolute atomic E-state index is 0.262. The molecule has 0 bridgehead atoms. The fraction of sp³-hybridized carbons (Fsp3) is 0.444. The highest BCUT2D eigenvalue weighted by Gasteiger charge is 2.16. The van der Waals surface area contributed by atoms with E-state index in [1.165, 1.54) is 0 Å². The van der Waals surface area contributed by atoms with Gasteiger partial charge in [0.1, 0.15) is 7.85 Å². The van der Waals surface area contributed by atoms with E-state index in [0.717, 1.165) is 25.2 Å². The third-order valence-electron chi connectivity index (χ3n) is 1.91. The van der Waals surface area contributed by atoms with Gasteiger partial charge in [-0.05, 0) is 12.0 Å². The van der Waals surface area contributed by atoms with Crippen molar-refractivity contribution in [1.82, 2.24) is 4.98 Å². The third-order valence-corrected chi connectivity index (χ3v) is 1.91. The van der Waals surface area contributed by atoms with Crippen LogP contribution in [0.2, 0.25) is 0 Å². The molecule has 1 saturated heterocycles. The molecule has 0 aliphatic carbocycles. The summed E-state index contributed by atoms with van der Waals surface area (Å²) in [6, 6.07) is 3.62. The van der Waals surface area contributed by atoms with Crippen LogP contribution in [0.4, 0.5) is 0 Å². The van der Waals surface area contributed by atoms with Gasteiger partial charge >= 0.3 is 0 Å². The molecule has 1 aliphatic rings. The Bertz CT molecular complexity index is 269. The molecular formula is C9H10BNO2. The summed E-state index contributed by atoms with van der Waals surface area (Å²) in [6.45, 7) is 1.49. The Labute approximate surface area is 78.5 Å². The van der Waals surface area contributed by atoms with Crippen molar-refractivity contribution >= 4 is 13.4 Å². The first-order chi connectivity index (χ1) is 6.36. The lowest BCUT2D eigenvalue weighted by molar-refractivity contribution is -0.183. The zero-order valence-electron chi connectivity index (χ0n) is 7.27. The summed E-state index contributed by atoms with van der Waals surface area (Å²) in [5, 5.41) is 0. The highest BCUT2D eigenvalue weighted by atomic mass is 16.7. The van der Waals surface area contributed by atoms with E-state index in [0.29, 0.717) is 5.59 Å². The molecule has 66 valence electrons. The summed E-state index contributed by atoms with van der Waals surface area (Å²) in [4.78, 5) is 3.97. The standard InChI is InChI=1S/C9H10BNO2/c10-8-3-2-7(6-11-8)9-12-4-1-5-13-9/h2-3,6,9H,1,4-5H2. The minimum atomic E-state index is -0.262. The molecule has 1 aromatic heterocycles. The van der Waals surface area contributed by atoms with Gasteiger partial charge in [-0.25, -0.2) is 0 Å². The molecule has 0 atom stereocenters. The van der Waals surface area contributed by atoms with Crippen LogP contribution in [0, 0.1) is 0 Å². The first-order valence-corrected chi connectivity index (χ1v) is 4.31. The Kier molecular flexibility index (Phi) is 2.61. The van der Waals surface area contributed by atoms with E-state index in [2.05, 4.69) is 4.98 Å². The van der Waals surface area contributed by atoms with Gasteiger partial charge in [-0.3, -0.25) is 4.98 Å². The molecule has 0 saturated carbocycles. The maximum Gasteiger partial charge on any atom is 0.185 e. The van der Waals surface area contributed by atoms with Crippen LogP contribution in [-0.2, 0) is 9.47 Å². The van der Waals surface area contributed by atoms with Gasteiger partial charge in [-0.1, -0.05) is 12.1 Å². The number of ether oxygens (including phenoxy) is 2. The smallest absolute Gasteiger partial charge is 0.185 e. The van der Waals surface area contributed by atoms with Crippen molar-refractivity contribution in [3.05, 3.63) is 23.9 Å². The summed E-state index contributed by atoms with van der Waals surface area (Å²) < 4.78 is 10.8. The van der Waals surface area contributed by atoms with E-state index in [4.69, 9.17) is 17.3 Å². The van der Waals surface area contributed by atoms with Crippen molar-refractivity contribution in [2.24, 2.45) is 0 Å². The second-order valence-corrected chi connectivity index (χ2v) is 2.94. The van der Waals surface area contributed by atoms with Crippen molar-refractivity contribution < 1.29 is 9.47 Å². The van der Waals surface area contributed by atoms with E-state index >= 15 is 0 Å². The van der Waals surface area contributed by atoms with Crippen molar-refractivity contribution in [1.29, 1.82) is 0 Å². The quantitative estimate of drug-likeness (QED) is 0.575. The number of hydrogen-bond acceptors (Lipinski definition) is 3. The second-order valence-electron chi connectivity index (χ2n) is 2.94. The summed E-state index contributed by atoms with van der Waals surface area (Å²) in [5.74, 6) is 0. The normalized spacial score (nSPS) is 18.8. The molecule has 13 heavy (non-hydrogen) atoms. The van der Waals surface area contributed by atoms with Crippen LogP contribution in [0.5, 0.6) is 0 Å². The fourth-order valence-corrected chi connectivity index (χ4v) is 1.24.